The Morgan fingerprint density at radius 1 is 1.54 bits per heavy atom. The number of hydrogen-bond acceptors (Lipinski definition) is 4. The summed E-state index contributed by atoms with van der Waals surface area (Å²) in [6, 6.07) is 0. The Morgan fingerprint density at radius 2 is 2.08 bits per heavy atom. The van der Waals surface area contributed by atoms with Crippen molar-refractivity contribution in [2.24, 2.45) is 0 Å². The molecule has 3 nitrogen and oxygen atoms in total. The van der Waals surface area contributed by atoms with Crippen molar-refractivity contribution in [2.75, 3.05) is 12.8 Å². The smallest absolute Gasteiger partial charge is 0.306 e. The molecular weight excluding hydrogens is 225 g/mol. The summed E-state index contributed by atoms with van der Waals surface area (Å²) in [5.41, 5.74) is 4.32. The highest BCUT2D eigenvalue weighted by Crippen LogP contribution is 2.14. The number of rotatable bonds is 3. The van der Waals surface area contributed by atoms with Gasteiger partial charge in [-0.25, -0.2) is 5.43 Å². The van der Waals surface area contributed by atoms with E-state index in [1.807, 2.05) is 0 Å². The molecule has 0 aromatic carbocycles. The van der Waals surface area contributed by atoms with Gasteiger partial charge in [-0.15, -0.1) is 0 Å². The number of alkyl halides is 3. The predicted molar refractivity (Wildman–Crippen MR) is 48.3 cm³/mol. The van der Waals surface area contributed by atoms with Crippen molar-refractivity contribution < 1.29 is 18.0 Å². The molecule has 0 radical (unpaired) electrons. The van der Waals surface area contributed by atoms with Crippen LogP contribution in [0.15, 0.2) is 0 Å². The maximum absolute atomic E-state index is 11.6. The number of hydrazine groups is 1. The molecule has 0 spiro atoms. The summed E-state index contributed by atoms with van der Waals surface area (Å²) in [4.78, 5) is 10.3. The van der Waals surface area contributed by atoms with Gasteiger partial charge in [0, 0.05) is 0 Å². The fraction of sp³-hybridized carbons (Fsp3) is 0.600. The third kappa shape index (κ3) is 5.83. The van der Waals surface area contributed by atoms with Crippen LogP contribution in [0, 0.1) is 0 Å². The summed E-state index contributed by atoms with van der Waals surface area (Å²) < 4.78 is 35.1. The second-order valence-electron chi connectivity index (χ2n) is 1.89. The molecule has 8 heteroatoms. The SMILES string of the molecule is CSC(=S)NNCC(=O)C(F)(F)F. The van der Waals surface area contributed by atoms with Crippen LogP contribution in [0.4, 0.5) is 13.2 Å². The van der Waals surface area contributed by atoms with Crippen LogP contribution >= 0.6 is 24.0 Å². The van der Waals surface area contributed by atoms with Crippen LogP contribution in [-0.2, 0) is 4.79 Å². The quantitative estimate of drug-likeness (QED) is 0.558. The molecule has 0 aromatic heterocycles. The molecule has 0 fully saturated rings. The molecule has 0 rings (SSSR count). The van der Waals surface area contributed by atoms with Gasteiger partial charge in [-0.3, -0.25) is 4.79 Å². The summed E-state index contributed by atoms with van der Waals surface area (Å²) in [6.07, 6.45) is -3.14. The van der Waals surface area contributed by atoms with Gasteiger partial charge in [-0.1, -0.05) is 24.0 Å². The van der Waals surface area contributed by atoms with E-state index >= 15 is 0 Å². The number of ketones is 1. The van der Waals surface area contributed by atoms with Gasteiger partial charge in [0.25, 0.3) is 5.78 Å². The second-order valence-corrected chi connectivity index (χ2v) is 3.37. The first kappa shape index (κ1) is 12.7. The molecule has 2 N–H and O–H groups in total. The van der Waals surface area contributed by atoms with Crippen LogP contribution in [0.2, 0.25) is 0 Å². The molecule has 13 heavy (non-hydrogen) atoms. The van der Waals surface area contributed by atoms with Gasteiger partial charge in [0.1, 0.15) is 4.32 Å². The van der Waals surface area contributed by atoms with Crippen molar-refractivity contribution in [3.63, 3.8) is 0 Å². The first-order valence-corrected chi connectivity index (χ1v) is 4.68. The maximum Gasteiger partial charge on any atom is 0.451 e. The Balaban J connectivity index is 3.67. The Morgan fingerprint density at radius 3 is 2.46 bits per heavy atom. The topological polar surface area (TPSA) is 41.1 Å². The number of Topliss-reactive ketones (excluding diaryl/α,β-unsaturated/α-hetero) is 1. The number of hydrogen-bond donors (Lipinski definition) is 2. The van der Waals surface area contributed by atoms with Gasteiger partial charge in [-0.2, -0.15) is 13.2 Å². The Hall–Kier alpha value is -0.340. The van der Waals surface area contributed by atoms with E-state index in [4.69, 9.17) is 0 Å². The molecule has 0 aliphatic rings. The average molecular weight is 232 g/mol. The van der Waals surface area contributed by atoms with E-state index in [1.165, 1.54) is 0 Å². The van der Waals surface area contributed by atoms with Crippen LogP contribution < -0.4 is 10.9 Å². The Kier molecular flexibility index (Phi) is 5.26. The Labute approximate surface area is 82.4 Å². The monoisotopic (exact) mass is 232 g/mol. The van der Waals surface area contributed by atoms with Gasteiger partial charge in [0.05, 0.1) is 6.54 Å². The van der Waals surface area contributed by atoms with E-state index in [0.29, 0.717) is 0 Å². The minimum atomic E-state index is -4.80. The first-order valence-electron chi connectivity index (χ1n) is 3.04. The van der Waals surface area contributed by atoms with E-state index in [-0.39, 0.29) is 4.32 Å². The molecule has 0 amide bonds. The molecule has 76 valence electrons. The summed E-state index contributed by atoms with van der Waals surface area (Å²) >= 11 is 5.75. The molecule has 0 aromatic rings. The molecule has 0 heterocycles. The second kappa shape index (κ2) is 5.40. The predicted octanol–water partition coefficient (Wildman–Crippen LogP) is 0.860. The number of carbonyl (C=O) groups is 1. The summed E-state index contributed by atoms with van der Waals surface area (Å²) in [5.74, 6) is -1.84. The molecule has 0 saturated heterocycles. The summed E-state index contributed by atoms with van der Waals surface area (Å²) in [5, 5.41) is 0. The normalized spacial score (nSPS) is 11.1. The number of thioether (sulfide) groups is 1. The minimum Gasteiger partial charge on any atom is -0.306 e. The fourth-order valence-electron chi connectivity index (χ4n) is 0.348. The zero-order chi connectivity index (χ0) is 10.5. The standard InChI is InChI=1S/C5H7F3N2OS2/c1-13-4(12)10-9-2-3(11)5(6,7)8/h9H,2H2,1H3,(H,10,12). The van der Waals surface area contributed by atoms with Crippen LogP contribution in [-0.4, -0.2) is 29.1 Å². The lowest BCUT2D eigenvalue weighted by Crippen LogP contribution is -2.42. The molecule has 0 aliphatic carbocycles. The fourth-order valence-corrected chi connectivity index (χ4v) is 0.594. The highest BCUT2D eigenvalue weighted by molar-refractivity contribution is 8.22. The van der Waals surface area contributed by atoms with Crippen LogP contribution in [0.1, 0.15) is 0 Å². The van der Waals surface area contributed by atoms with Crippen molar-refractivity contribution in [2.45, 2.75) is 6.18 Å². The van der Waals surface area contributed by atoms with Gasteiger partial charge in [-0.05, 0) is 6.26 Å². The lowest BCUT2D eigenvalue weighted by Gasteiger charge is -2.08. The largest absolute Gasteiger partial charge is 0.451 e. The van der Waals surface area contributed by atoms with E-state index < -0.39 is 18.5 Å². The lowest BCUT2D eigenvalue weighted by atomic mass is 10.4. The molecular formula is C5H7F3N2OS2. The van der Waals surface area contributed by atoms with Crippen molar-refractivity contribution in [1.82, 2.24) is 10.9 Å². The minimum absolute atomic E-state index is 0.273. The van der Waals surface area contributed by atoms with Crippen molar-refractivity contribution >= 4 is 34.1 Å². The molecule has 0 atom stereocenters. The van der Waals surface area contributed by atoms with E-state index in [1.54, 1.807) is 6.26 Å². The third-order valence-electron chi connectivity index (χ3n) is 0.941. The van der Waals surface area contributed by atoms with Crippen molar-refractivity contribution in [3.05, 3.63) is 0 Å². The average Bonchev–Trinajstić information content (AvgIpc) is 2.02. The lowest BCUT2D eigenvalue weighted by molar-refractivity contribution is -0.170. The van der Waals surface area contributed by atoms with E-state index in [0.717, 1.165) is 11.8 Å². The number of halogens is 3. The van der Waals surface area contributed by atoms with E-state index in [9.17, 15) is 18.0 Å². The number of thiocarbonyl (C=S) groups is 1. The van der Waals surface area contributed by atoms with Gasteiger partial charge in [0.15, 0.2) is 0 Å². The molecule has 0 bridgehead atoms. The van der Waals surface area contributed by atoms with Gasteiger partial charge in [0.2, 0.25) is 0 Å². The van der Waals surface area contributed by atoms with Crippen LogP contribution in [0.3, 0.4) is 0 Å². The van der Waals surface area contributed by atoms with Gasteiger partial charge < -0.3 is 5.43 Å². The van der Waals surface area contributed by atoms with E-state index in [2.05, 4.69) is 23.1 Å². The number of nitrogens with one attached hydrogen (secondary N) is 2. The Bertz CT molecular complexity index is 206. The summed E-state index contributed by atoms with van der Waals surface area (Å²) in [6.45, 7) is -0.829. The summed E-state index contributed by atoms with van der Waals surface area (Å²) in [7, 11) is 0. The zero-order valence-electron chi connectivity index (χ0n) is 6.57. The van der Waals surface area contributed by atoms with Crippen LogP contribution in [0.25, 0.3) is 0 Å². The maximum atomic E-state index is 11.6. The van der Waals surface area contributed by atoms with Gasteiger partial charge >= 0.3 is 6.18 Å². The highest BCUT2D eigenvalue weighted by Gasteiger charge is 2.37. The van der Waals surface area contributed by atoms with Crippen LogP contribution in [0.5, 0.6) is 0 Å². The first-order chi connectivity index (χ1) is 5.88. The number of carbonyl (C=O) groups excluding carboxylic acids is 1. The highest BCUT2D eigenvalue weighted by atomic mass is 32.2. The molecule has 0 unspecified atom stereocenters. The molecule has 0 aliphatic heterocycles. The molecule has 0 saturated carbocycles. The third-order valence-corrected chi connectivity index (χ3v) is 2.02. The van der Waals surface area contributed by atoms with Crippen molar-refractivity contribution in [1.29, 1.82) is 0 Å². The zero-order valence-corrected chi connectivity index (χ0v) is 8.20. The van der Waals surface area contributed by atoms with Crippen molar-refractivity contribution in [3.8, 4) is 0 Å².